The van der Waals surface area contributed by atoms with Crippen LogP contribution in [-0.2, 0) is 20.9 Å². The number of ether oxygens (including phenoxy) is 2. The van der Waals surface area contributed by atoms with Gasteiger partial charge in [-0.25, -0.2) is 18.0 Å². The van der Waals surface area contributed by atoms with Crippen molar-refractivity contribution in [3.63, 3.8) is 0 Å². The van der Waals surface area contributed by atoms with Crippen LogP contribution in [0.2, 0.25) is 0 Å². The molecule has 1 heterocycles. The van der Waals surface area contributed by atoms with Crippen LogP contribution in [0.1, 0.15) is 18.1 Å². The third-order valence-corrected chi connectivity index (χ3v) is 4.58. The molecule has 0 unspecified atom stereocenters. The van der Waals surface area contributed by atoms with Crippen LogP contribution in [0.25, 0.3) is 16.7 Å². The van der Waals surface area contributed by atoms with Crippen molar-refractivity contribution in [1.82, 2.24) is 4.57 Å². The Morgan fingerprint density at radius 2 is 1.84 bits per heavy atom. The normalized spacial score (nSPS) is 11.6. The second kappa shape index (κ2) is 8.95. The zero-order valence-corrected chi connectivity index (χ0v) is 16.6. The molecule has 162 valence electrons. The summed E-state index contributed by atoms with van der Waals surface area (Å²) in [5.74, 6) is -5.98. The number of carbonyl (C=O) groups is 2. The molecule has 0 radical (unpaired) electrons. The van der Waals surface area contributed by atoms with E-state index in [0.717, 1.165) is 6.07 Å². The third-order valence-electron chi connectivity index (χ3n) is 4.58. The van der Waals surface area contributed by atoms with Gasteiger partial charge in [-0.05, 0) is 31.2 Å². The summed E-state index contributed by atoms with van der Waals surface area (Å²) >= 11 is 0. The van der Waals surface area contributed by atoms with E-state index in [1.807, 2.05) is 0 Å². The lowest BCUT2D eigenvalue weighted by Crippen LogP contribution is -2.15. The SMILES string of the molecule is CCOC(=O)C(=O)/C=C(/O)c1cn(Cc2c(F)ccc(F)c2F)c2cccc(OC)c12. The summed E-state index contributed by atoms with van der Waals surface area (Å²) in [7, 11) is 1.38. The molecule has 0 amide bonds. The lowest BCUT2D eigenvalue weighted by atomic mass is 10.1. The maximum atomic E-state index is 14.2. The molecule has 0 aliphatic heterocycles. The molecule has 0 saturated heterocycles. The van der Waals surface area contributed by atoms with Crippen molar-refractivity contribution in [2.45, 2.75) is 13.5 Å². The molecule has 6 nitrogen and oxygen atoms in total. The van der Waals surface area contributed by atoms with Gasteiger partial charge < -0.3 is 19.1 Å². The average molecular weight is 433 g/mol. The van der Waals surface area contributed by atoms with Crippen LogP contribution in [0.3, 0.4) is 0 Å². The monoisotopic (exact) mass is 433 g/mol. The summed E-state index contributed by atoms with van der Waals surface area (Å²) in [6.45, 7) is 1.10. The Hall–Kier alpha value is -3.75. The van der Waals surface area contributed by atoms with Crippen LogP contribution in [0, 0.1) is 17.5 Å². The smallest absolute Gasteiger partial charge is 0.379 e. The highest BCUT2D eigenvalue weighted by molar-refractivity contribution is 6.39. The summed E-state index contributed by atoms with van der Waals surface area (Å²) in [6.07, 6.45) is 2.01. The molecule has 1 N–H and O–H groups in total. The Bertz CT molecular complexity index is 1200. The molecule has 9 heteroatoms. The molecule has 2 aromatic carbocycles. The van der Waals surface area contributed by atoms with E-state index >= 15 is 0 Å². The average Bonchev–Trinajstić information content (AvgIpc) is 3.13. The number of benzene rings is 2. The van der Waals surface area contributed by atoms with Gasteiger partial charge in [-0.15, -0.1) is 0 Å². The van der Waals surface area contributed by atoms with Gasteiger partial charge in [0.15, 0.2) is 11.6 Å². The van der Waals surface area contributed by atoms with Gasteiger partial charge in [-0.2, -0.15) is 0 Å². The Morgan fingerprint density at radius 1 is 1.13 bits per heavy atom. The summed E-state index contributed by atoms with van der Waals surface area (Å²) in [5, 5.41) is 10.8. The third kappa shape index (κ3) is 4.25. The first-order valence-corrected chi connectivity index (χ1v) is 9.18. The number of aliphatic hydroxyl groups is 1. The number of nitrogens with zero attached hydrogens (tertiary/aromatic N) is 1. The molecule has 3 aromatic rings. The minimum absolute atomic E-state index is 0.0168. The van der Waals surface area contributed by atoms with Crippen molar-refractivity contribution < 1.29 is 37.3 Å². The van der Waals surface area contributed by atoms with E-state index in [1.54, 1.807) is 18.2 Å². The molecule has 0 fully saturated rings. The predicted molar refractivity (Wildman–Crippen MR) is 106 cm³/mol. The first-order chi connectivity index (χ1) is 14.8. The maximum Gasteiger partial charge on any atom is 0.379 e. The van der Waals surface area contributed by atoms with E-state index in [0.29, 0.717) is 28.8 Å². The van der Waals surface area contributed by atoms with Gasteiger partial charge in [0.1, 0.15) is 17.3 Å². The molecular weight excluding hydrogens is 415 g/mol. The van der Waals surface area contributed by atoms with Gasteiger partial charge >= 0.3 is 5.97 Å². The topological polar surface area (TPSA) is 77.8 Å². The number of rotatable bonds is 7. The number of ketones is 1. The van der Waals surface area contributed by atoms with Gasteiger partial charge in [0.25, 0.3) is 5.78 Å². The molecule has 1 aromatic heterocycles. The zero-order valence-electron chi connectivity index (χ0n) is 16.6. The minimum atomic E-state index is -1.33. The van der Waals surface area contributed by atoms with E-state index in [-0.39, 0.29) is 12.2 Å². The number of fused-ring (bicyclic) bond motifs is 1. The fourth-order valence-electron chi connectivity index (χ4n) is 3.16. The highest BCUT2D eigenvalue weighted by Crippen LogP contribution is 2.34. The molecule has 0 saturated carbocycles. The Morgan fingerprint density at radius 3 is 2.52 bits per heavy atom. The van der Waals surface area contributed by atoms with Crippen LogP contribution in [0.4, 0.5) is 13.2 Å². The maximum absolute atomic E-state index is 14.2. The second-order valence-corrected chi connectivity index (χ2v) is 6.46. The largest absolute Gasteiger partial charge is 0.507 e. The molecule has 0 aliphatic rings. The molecule has 0 spiro atoms. The molecule has 0 aliphatic carbocycles. The fourth-order valence-corrected chi connectivity index (χ4v) is 3.16. The Kier molecular flexibility index (Phi) is 6.33. The number of hydrogen-bond donors (Lipinski definition) is 1. The van der Waals surface area contributed by atoms with Crippen LogP contribution in [0.15, 0.2) is 42.6 Å². The Balaban J connectivity index is 2.15. The van der Waals surface area contributed by atoms with Crippen molar-refractivity contribution in [1.29, 1.82) is 0 Å². The fraction of sp³-hybridized carbons (Fsp3) is 0.182. The van der Waals surface area contributed by atoms with Crippen molar-refractivity contribution in [2.75, 3.05) is 13.7 Å². The van der Waals surface area contributed by atoms with Crippen molar-refractivity contribution in [3.05, 3.63) is 71.2 Å². The Labute approximate surface area is 175 Å². The first-order valence-electron chi connectivity index (χ1n) is 9.18. The van der Waals surface area contributed by atoms with E-state index < -0.39 is 47.1 Å². The van der Waals surface area contributed by atoms with Gasteiger partial charge in [0, 0.05) is 23.4 Å². The number of hydrogen-bond acceptors (Lipinski definition) is 5. The van der Waals surface area contributed by atoms with E-state index in [1.165, 1.54) is 24.8 Å². The molecular formula is C22H18F3NO5. The molecule has 0 atom stereocenters. The van der Waals surface area contributed by atoms with E-state index in [4.69, 9.17) is 4.74 Å². The number of aliphatic hydroxyl groups excluding tert-OH is 1. The molecule has 31 heavy (non-hydrogen) atoms. The van der Waals surface area contributed by atoms with Crippen LogP contribution < -0.4 is 4.74 Å². The molecule has 0 bridgehead atoms. The lowest BCUT2D eigenvalue weighted by Gasteiger charge is -2.09. The highest BCUT2D eigenvalue weighted by Gasteiger charge is 2.21. The van der Waals surface area contributed by atoms with Crippen molar-refractivity contribution in [2.24, 2.45) is 0 Å². The minimum Gasteiger partial charge on any atom is -0.507 e. The highest BCUT2D eigenvalue weighted by atomic mass is 19.2. The number of aromatic nitrogens is 1. The number of carbonyl (C=O) groups excluding carboxylic acids is 2. The van der Waals surface area contributed by atoms with Crippen LogP contribution in [-0.4, -0.2) is 35.1 Å². The first kappa shape index (κ1) is 21.9. The summed E-state index contributed by atoms with van der Waals surface area (Å²) < 4.78 is 53.2. The zero-order chi connectivity index (χ0) is 22.7. The summed E-state index contributed by atoms with van der Waals surface area (Å²) in [4.78, 5) is 23.5. The van der Waals surface area contributed by atoms with Crippen molar-refractivity contribution in [3.8, 4) is 5.75 Å². The number of esters is 1. The van der Waals surface area contributed by atoms with E-state index in [2.05, 4.69) is 4.74 Å². The summed E-state index contributed by atoms with van der Waals surface area (Å²) in [5.41, 5.74) is -0.0550. The summed E-state index contributed by atoms with van der Waals surface area (Å²) in [6, 6.07) is 6.30. The standard InChI is InChI=1S/C22H18F3NO5/c1-3-31-22(29)18(28)9-17(27)13-11-26(16-5-4-6-19(30-2)20(13)16)10-12-14(23)7-8-15(24)21(12)25/h4-9,11,27H,3,10H2,1-2H3/b17-9+. The quantitative estimate of drug-likeness (QED) is 0.199. The van der Waals surface area contributed by atoms with Crippen LogP contribution in [0.5, 0.6) is 5.75 Å². The number of methoxy groups -OCH3 is 1. The van der Waals surface area contributed by atoms with Gasteiger partial charge in [0.2, 0.25) is 0 Å². The number of halogens is 3. The van der Waals surface area contributed by atoms with Crippen molar-refractivity contribution >= 4 is 28.4 Å². The second-order valence-electron chi connectivity index (χ2n) is 6.46. The van der Waals surface area contributed by atoms with Gasteiger partial charge in [-0.1, -0.05) is 6.07 Å². The van der Waals surface area contributed by atoms with E-state index in [9.17, 15) is 27.9 Å². The lowest BCUT2D eigenvalue weighted by molar-refractivity contribution is -0.151. The van der Waals surface area contributed by atoms with Gasteiger partial charge in [0.05, 0.1) is 31.2 Å². The van der Waals surface area contributed by atoms with Crippen LogP contribution >= 0.6 is 0 Å². The van der Waals surface area contributed by atoms with Gasteiger partial charge in [-0.3, -0.25) is 4.79 Å². The predicted octanol–water partition coefficient (Wildman–Crippen LogP) is 4.15. The molecule has 3 rings (SSSR count).